The van der Waals surface area contributed by atoms with Crippen molar-refractivity contribution in [3.63, 3.8) is 0 Å². The SMILES string of the molecule is O=C(CC1C=CN(c2ccc(Cl)cc2)C=C1)c1ccc(Br)cc1. The van der Waals surface area contributed by atoms with Crippen LogP contribution in [0.5, 0.6) is 0 Å². The summed E-state index contributed by atoms with van der Waals surface area (Å²) in [5.74, 6) is 0.270. The van der Waals surface area contributed by atoms with Crippen molar-refractivity contribution in [2.24, 2.45) is 5.92 Å². The van der Waals surface area contributed by atoms with Crippen LogP contribution in [0.25, 0.3) is 0 Å². The predicted octanol–water partition coefficient (Wildman–Crippen LogP) is 5.84. The van der Waals surface area contributed by atoms with Gasteiger partial charge in [0.25, 0.3) is 0 Å². The number of benzene rings is 2. The lowest BCUT2D eigenvalue weighted by molar-refractivity contribution is 0.0975. The van der Waals surface area contributed by atoms with Gasteiger partial charge in [0.1, 0.15) is 0 Å². The molecular formula is C19H15BrClNO. The minimum atomic E-state index is 0.120. The maximum Gasteiger partial charge on any atom is 0.163 e. The summed E-state index contributed by atoms with van der Waals surface area (Å²) in [6, 6.07) is 15.1. The Labute approximate surface area is 149 Å². The zero-order chi connectivity index (χ0) is 16.2. The van der Waals surface area contributed by atoms with Gasteiger partial charge in [0.2, 0.25) is 0 Å². The molecule has 0 fully saturated rings. The van der Waals surface area contributed by atoms with Crippen molar-refractivity contribution in [3.8, 4) is 0 Å². The molecule has 0 radical (unpaired) electrons. The highest BCUT2D eigenvalue weighted by molar-refractivity contribution is 9.10. The second-order valence-electron chi connectivity index (χ2n) is 5.36. The molecule has 0 aromatic heterocycles. The van der Waals surface area contributed by atoms with Crippen LogP contribution >= 0.6 is 27.5 Å². The fraction of sp³-hybridized carbons (Fsp3) is 0.105. The highest BCUT2D eigenvalue weighted by Gasteiger charge is 2.14. The second kappa shape index (κ2) is 7.16. The van der Waals surface area contributed by atoms with E-state index in [9.17, 15) is 4.79 Å². The molecule has 0 atom stereocenters. The van der Waals surface area contributed by atoms with Crippen LogP contribution in [0.2, 0.25) is 5.02 Å². The van der Waals surface area contributed by atoms with Crippen LogP contribution in [-0.2, 0) is 0 Å². The quantitative estimate of drug-likeness (QED) is 0.613. The molecule has 1 heterocycles. The minimum absolute atomic E-state index is 0.120. The topological polar surface area (TPSA) is 20.3 Å². The number of carbonyl (C=O) groups excluding carboxylic acids is 1. The molecular weight excluding hydrogens is 374 g/mol. The van der Waals surface area contributed by atoms with Crippen molar-refractivity contribution >= 4 is 39.0 Å². The Hall–Kier alpha value is -1.84. The van der Waals surface area contributed by atoms with Crippen LogP contribution in [0.1, 0.15) is 16.8 Å². The Balaban J connectivity index is 1.63. The number of hydrogen-bond donors (Lipinski definition) is 0. The van der Waals surface area contributed by atoms with E-state index in [1.54, 1.807) is 0 Å². The van der Waals surface area contributed by atoms with Crippen molar-refractivity contribution < 1.29 is 4.79 Å². The number of Topliss-reactive ketones (excluding diaryl/α,β-unsaturated/α-hetero) is 1. The Morgan fingerprint density at radius 2 is 1.61 bits per heavy atom. The van der Waals surface area contributed by atoms with E-state index in [1.165, 1.54) is 0 Å². The maximum absolute atomic E-state index is 12.3. The third kappa shape index (κ3) is 4.12. The van der Waals surface area contributed by atoms with Crippen LogP contribution < -0.4 is 4.90 Å². The van der Waals surface area contributed by atoms with Gasteiger partial charge in [-0.1, -0.05) is 51.8 Å². The van der Waals surface area contributed by atoms with E-state index < -0.39 is 0 Å². The molecule has 2 nitrogen and oxygen atoms in total. The van der Waals surface area contributed by atoms with Gasteiger partial charge in [-0.25, -0.2) is 0 Å². The Kier molecular flexibility index (Phi) is 4.99. The third-order valence-electron chi connectivity index (χ3n) is 3.70. The molecule has 0 saturated carbocycles. The number of hydrogen-bond acceptors (Lipinski definition) is 2. The van der Waals surface area contributed by atoms with Gasteiger partial charge in [0.15, 0.2) is 5.78 Å². The summed E-state index contributed by atoms with van der Waals surface area (Å²) in [5.41, 5.74) is 1.79. The van der Waals surface area contributed by atoms with E-state index in [0.29, 0.717) is 6.42 Å². The fourth-order valence-corrected chi connectivity index (χ4v) is 2.80. The lowest BCUT2D eigenvalue weighted by Gasteiger charge is -2.21. The van der Waals surface area contributed by atoms with Gasteiger partial charge in [-0.3, -0.25) is 4.79 Å². The maximum atomic E-state index is 12.3. The van der Waals surface area contributed by atoms with Gasteiger partial charge in [-0.05, 0) is 36.4 Å². The molecule has 0 spiro atoms. The summed E-state index contributed by atoms with van der Waals surface area (Å²) < 4.78 is 0.977. The summed E-state index contributed by atoms with van der Waals surface area (Å²) in [4.78, 5) is 14.3. The predicted molar refractivity (Wildman–Crippen MR) is 98.8 cm³/mol. The zero-order valence-corrected chi connectivity index (χ0v) is 14.7. The molecule has 23 heavy (non-hydrogen) atoms. The number of nitrogens with zero attached hydrogens (tertiary/aromatic N) is 1. The van der Waals surface area contributed by atoms with Gasteiger partial charge in [-0.2, -0.15) is 0 Å². The first-order valence-corrected chi connectivity index (χ1v) is 8.48. The molecule has 1 aliphatic heterocycles. The van der Waals surface area contributed by atoms with Gasteiger partial charge < -0.3 is 4.90 Å². The lowest BCUT2D eigenvalue weighted by Crippen LogP contribution is -2.14. The summed E-state index contributed by atoms with van der Waals surface area (Å²) in [5, 5.41) is 0.719. The minimum Gasteiger partial charge on any atom is -0.324 e. The molecule has 1 aliphatic rings. The van der Waals surface area contributed by atoms with Gasteiger partial charge in [0.05, 0.1) is 0 Å². The molecule has 0 unspecified atom stereocenters. The Morgan fingerprint density at radius 3 is 2.22 bits per heavy atom. The Morgan fingerprint density at radius 1 is 1.00 bits per heavy atom. The first-order chi connectivity index (χ1) is 11.1. The monoisotopic (exact) mass is 387 g/mol. The van der Waals surface area contributed by atoms with E-state index in [-0.39, 0.29) is 11.7 Å². The number of rotatable bonds is 4. The van der Waals surface area contributed by atoms with Crippen LogP contribution in [0, 0.1) is 5.92 Å². The average Bonchev–Trinajstić information content (AvgIpc) is 2.57. The zero-order valence-electron chi connectivity index (χ0n) is 12.3. The molecule has 2 aromatic rings. The number of halogens is 2. The summed E-state index contributed by atoms with van der Waals surface area (Å²) in [6.45, 7) is 0. The summed E-state index contributed by atoms with van der Waals surface area (Å²) in [7, 11) is 0. The van der Waals surface area contributed by atoms with E-state index in [2.05, 4.69) is 15.9 Å². The second-order valence-corrected chi connectivity index (χ2v) is 6.72. The normalized spacial score (nSPS) is 14.3. The van der Waals surface area contributed by atoms with Crippen molar-refractivity contribution in [1.82, 2.24) is 0 Å². The van der Waals surface area contributed by atoms with Crippen LogP contribution in [-0.4, -0.2) is 5.78 Å². The highest BCUT2D eigenvalue weighted by atomic mass is 79.9. The molecule has 116 valence electrons. The molecule has 0 saturated heterocycles. The fourth-order valence-electron chi connectivity index (χ4n) is 2.41. The van der Waals surface area contributed by atoms with Gasteiger partial charge in [0, 0.05) is 45.5 Å². The molecule has 3 rings (SSSR count). The van der Waals surface area contributed by atoms with E-state index >= 15 is 0 Å². The number of ketones is 1. The van der Waals surface area contributed by atoms with E-state index in [0.717, 1.165) is 20.7 Å². The third-order valence-corrected chi connectivity index (χ3v) is 4.48. The standard InChI is InChI=1S/C19H15BrClNO/c20-16-3-1-15(2-4-16)19(23)13-14-9-11-22(12-10-14)18-7-5-17(21)6-8-18/h1-12,14H,13H2. The molecule has 2 aromatic carbocycles. The smallest absolute Gasteiger partial charge is 0.163 e. The molecule has 0 amide bonds. The van der Waals surface area contributed by atoms with Gasteiger partial charge >= 0.3 is 0 Å². The summed E-state index contributed by atoms with van der Waals surface area (Å²) in [6.07, 6.45) is 8.55. The summed E-state index contributed by atoms with van der Waals surface area (Å²) >= 11 is 9.28. The number of allylic oxidation sites excluding steroid dienone is 2. The molecule has 0 N–H and O–H groups in total. The lowest BCUT2D eigenvalue weighted by atomic mass is 9.97. The number of anilines is 1. The largest absolute Gasteiger partial charge is 0.324 e. The highest BCUT2D eigenvalue weighted by Crippen LogP contribution is 2.24. The Bertz CT molecular complexity index is 736. The molecule has 4 heteroatoms. The first-order valence-electron chi connectivity index (χ1n) is 7.31. The van der Waals surface area contributed by atoms with Crippen molar-refractivity contribution in [2.45, 2.75) is 6.42 Å². The van der Waals surface area contributed by atoms with Gasteiger partial charge in [-0.15, -0.1) is 0 Å². The first kappa shape index (κ1) is 16.0. The van der Waals surface area contributed by atoms with E-state index in [4.69, 9.17) is 11.6 Å². The molecule has 0 bridgehead atoms. The average molecular weight is 389 g/mol. The van der Waals surface area contributed by atoms with E-state index in [1.807, 2.05) is 78.0 Å². The molecule has 0 aliphatic carbocycles. The van der Waals surface area contributed by atoms with Crippen LogP contribution in [0.4, 0.5) is 5.69 Å². The van der Waals surface area contributed by atoms with Crippen molar-refractivity contribution in [3.05, 3.63) is 88.1 Å². The van der Waals surface area contributed by atoms with Crippen molar-refractivity contribution in [2.75, 3.05) is 4.90 Å². The van der Waals surface area contributed by atoms with Crippen LogP contribution in [0.15, 0.2) is 77.6 Å². The van der Waals surface area contributed by atoms with Crippen LogP contribution in [0.3, 0.4) is 0 Å². The number of carbonyl (C=O) groups is 1. The van der Waals surface area contributed by atoms with Crippen molar-refractivity contribution in [1.29, 1.82) is 0 Å².